The molecular formula is C18H25N5O2. The maximum absolute atomic E-state index is 12.4. The number of ether oxygens (including phenoxy) is 1. The van der Waals surface area contributed by atoms with Crippen molar-refractivity contribution in [3.05, 3.63) is 35.3 Å². The van der Waals surface area contributed by atoms with E-state index in [9.17, 15) is 4.79 Å². The van der Waals surface area contributed by atoms with Gasteiger partial charge in [0.2, 0.25) is 0 Å². The largest absolute Gasteiger partial charge is 0.379 e. The van der Waals surface area contributed by atoms with Crippen molar-refractivity contribution in [2.45, 2.75) is 13.8 Å². The Morgan fingerprint density at radius 3 is 2.76 bits per heavy atom. The molecule has 3 heterocycles. The molecule has 0 unspecified atom stereocenters. The predicted molar refractivity (Wildman–Crippen MR) is 95.5 cm³/mol. The van der Waals surface area contributed by atoms with Gasteiger partial charge in [0.25, 0.3) is 5.91 Å². The quantitative estimate of drug-likeness (QED) is 0.882. The highest BCUT2D eigenvalue weighted by Crippen LogP contribution is 2.25. The number of aryl methyl sites for hydroxylation is 2. The molecule has 0 bridgehead atoms. The van der Waals surface area contributed by atoms with E-state index in [-0.39, 0.29) is 5.91 Å². The van der Waals surface area contributed by atoms with Crippen LogP contribution in [0, 0.1) is 13.8 Å². The molecule has 2 aromatic rings. The highest BCUT2D eigenvalue weighted by atomic mass is 16.5. The van der Waals surface area contributed by atoms with E-state index in [1.807, 2.05) is 31.6 Å². The van der Waals surface area contributed by atoms with Crippen LogP contribution in [0.25, 0.3) is 11.3 Å². The molecule has 1 saturated heterocycles. The number of amides is 1. The molecule has 7 heteroatoms. The first-order valence-corrected chi connectivity index (χ1v) is 8.61. The number of nitrogens with zero attached hydrogens (tertiary/aromatic N) is 4. The zero-order valence-corrected chi connectivity index (χ0v) is 15.1. The smallest absolute Gasteiger partial charge is 0.251 e. The molecule has 3 rings (SSSR count). The topological polar surface area (TPSA) is 72.3 Å². The number of hydrogen-bond donors (Lipinski definition) is 1. The van der Waals surface area contributed by atoms with Gasteiger partial charge in [-0.05, 0) is 26.0 Å². The molecule has 1 aliphatic rings. The molecule has 0 atom stereocenters. The van der Waals surface area contributed by atoms with Crippen LogP contribution in [0.2, 0.25) is 0 Å². The van der Waals surface area contributed by atoms with Crippen LogP contribution in [0.4, 0.5) is 0 Å². The Bertz CT molecular complexity index is 750. The zero-order chi connectivity index (χ0) is 17.8. The Morgan fingerprint density at radius 1 is 1.32 bits per heavy atom. The Hall–Kier alpha value is -2.25. The molecule has 1 N–H and O–H groups in total. The van der Waals surface area contributed by atoms with Crippen molar-refractivity contribution in [3.63, 3.8) is 0 Å². The lowest BCUT2D eigenvalue weighted by molar-refractivity contribution is 0.0383. The molecule has 1 fully saturated rings. The summed E-state index contributed by atoms with van der Waals surface area (Å²) in [5.74, 6) is -0.0731. The van der Waals surface area contributed by atoms with Crippen molar-refractivity contribution in [1.29, 1.82) is 0 Å². The van der Waals surface area contributed by atoms with Crippen LogP contribution in [-0.4, -0.2) is 65.0 Å². The molecule has 0 aromatic carbocycles. The maximum Gasteiger partial charge on any atom is 0.251 e. The predicted octanol–water partition coefficient (Wildman–Crippen LogP) is 1.16. The fraction of sp³-hybridized carbons (Fsp3) is 0.500. The van der Waals surface area contributed by atoms with Crippen molar-refractivity contribution in [3.8, 4) is 11.3 Å². The summed E-state index contributed by atoms with van der Waals surface area (Å²) in [7, 11) is 1.91. The summed E-state index contributed by atoms with van der Waals surface area (Å²) in [4.78, 5) is 19.2. The fourth-order valence-corrected chi connectivity index (χ4v) is 3.11. The second-order valence-corrected chi connectivity index (χ2v) is 6.31. The van der Waals surface area contributed by atoms with Crippen molar-refractivity contribution in [2.75, 3.05) is 39.4 Å². The van der Waals surface area contributed by atoms with E-state index in [1.54, 1.807) is 12.3 Å². The van der Waals surface area contributed by atoms with Gasteiger partial charge < -0.3 is 10.1 Å². The number of nitrogens with one attached hydrogen (secondary N) is 1. The molecule has 0 radical (unpaired) electrons. The number of carbonyl (C=O) groups excluding carboxylic acids is 1. The minimum absolute atomic E-state index is 0.0731. The minimum atomic E-state index is -0.0731. The van der Waals surface area contributed by atoms with Gasteiger partial charge in [0, 0.05) is 56.2 Å². The summed E-state index contributed by atoms with van der Waals surface area (Å²) >= 11 is 0. The van der Waals surface area contributed by atoms with E-state index >= 15 is 0 Å². The van der Waals surface area contributed by atoms with Crippen LogP contribution in [0.15, 0.2) is 18.3 Å². The van der Waals surface area contributed by atoms with Gasteiger partial charge in [-0.2, -0.15) is 5.10 Å². The van der Waals surface area contributed by atoms with E-state index in [0.717, 1.165) is 55.5 Å². The van der Waals surface area contributed by atoms with Crippen molar-refractivity contribution < 1.29 is 9.53 Å². The van der Waals surface area contributed by atoms with Crippen LogP contribution in [0.5, 0.6) is 0 Å². The van der Waals surface area contributed by atoms with Crippen LogP contribution in [-0.2, 0) is 11.8 Å². The Balaban J connectivity index is 1.65. The van der Waals surface area contributed by atoms with Crippen LogP contribution < -0.4 is 5.32 Å². The highest BCUT2D eigenvalue weighted by molar-refractivity contribution is 5.95. The molecule has 0 saturated carbocycles. The fourth-order valence-electron chi connectivity index (χ4n) is 3.11. The second kappa shape index (κ2) is 7.76. The van der Waals surface area contributed by atoms with Gasteiger partial charge in [0.05, 0.1) is 24.6 Å². The van der Waals surface area contributed by atoms with Crippen LogP contribution in [0.3, 0.4) is 0 Å². The van der Waals surface area contributed by atoms with Gasteiger partial charge in [0.1, 0.15) is 0 Å². The summed E-state index contributed by atoms with van der Waals surface area (Å²) in [6, 6.07) is 3.58. The summed E-state index contributed by atoms with van der Waals surface area (Å²) in [6.45, 7) is 8.82. The Kier molecular flexibility index (Phi) is 5.45. The average Bonchev–Trinajstić information content (AvgIpc) is 2.88. The third kappa shape index (κ3) is 4.05. The number of carbonyl (C=O) groups is 1. The summed E-state index contributed by atoms with van der Waals surface area (Å²) < 4.78 is 7.16. The van der Waals surface area contributed by atoms with Gasteiger partial charge in [0.15, 0.2) is 0 Å². The molecular weight excluding hydrogens is 318 g/mol. The first-order chi connectivity index (χ1) is 12.1. The SMILES string of the molecule is Cc1nn(C)c(C)c1-c1cc(C(=O)NCCN2CCOCC2)ccn1. The molecule has 134 valence electrons. The minimum Gasteiger partial charge on any atom is -0.379 e. The number of morpholine rings is 1. The zero-order valence-electron chi connectivity index (χ0n) is 15.1. The van der Waals surface area contributed by atoms with Gasteiger partial charge in [-0.1, -0.05) is 0 Å². The molecule has 1 aliphatic heterocycles. The van der Waals surface area contributed by atoms with Crippen molar-refractivity contribution in [2.24, 2.45) is 7.05 Å². The lowest BCUT2D eigenvalue weighted by Gasteiger charge is -2.26. The lowest BCUT2D eigenvalue weighted by atomic mass is 10.1. The van der Waals surface area contributed by atoms with Gasteiger partial charge in [-0.15, -0.1) is 0 Å². The Morgan fingerprint density at radius 2 is 2.08 bits per heavy atom. The standard InChI is InChI=1S/C18H25N5O2/c1-13-17(14(2)22(3)21-13)16-12-15(4-5-19-16)18(24)20-6-7-23-8-10-25-11-9-23/h4-5,12H,6-11H2,1-3H3,(H,20,24). The molecule has 0 aliphatic carbocycles. The molecule has 25 heavy (non-hydrogen) atoms. The Labute approximate surface area is 148 Å². The first kappa shape index (κ1) is 17.6. The van der Waals surface area contributed by atoms with E-state index in [0.29, 0.717) is 12.1 Å². The van der Waals surface area contributed by atoms with E-state index in [4.69, 9.17) is 4.74 Å². The molecule has 7 nitrogen and oxygen atoms in total. The maximum atomic E-state index is 12.4. The monoisotopic (exact) mass is 343 g/mol. The van der Waals surface area contributed by atoms with Crippen molar-refractivity contribution >= 4 is 5.91 Å². The summed E-state index contributed by atoms with van der Waals surface area (Å²) in [5.41, 5.74) is 4.34. The third-order valence-electron chi connectivity index (χ3n) is 4.60. The van der Waals surface area contributed by atoms with Crippen LogP contribution in [0.1, 0.15) is 21.7 Å². The number of rotatable bonds is 5. The molecule has 2 aromatic heterocycles. The van der Waals surface area contributed by atoms with E-state index < -0.39 is 0 Å². The summed E-state index contributed by atoms with van der Waals surface area (Å²) in [6.07, 6.45) is 1.68. The van der Waals surface area contributed by atoms with Gasteiger partial charge >= 0.3 is 0 Å². The first-order valence-electron chi connectivity index (χ1n) is 8.61. The lowest BCUT2D eigenvalue weighted by Crippen LogP contribution is -2.41. The van der Waals surface area contributed by atoms with Crippen molar-refractivity contribution in [1.82, 2.24) is 25.0 Å². The molecule has 1 amide bonds. The average molecular weight is 343 g/mol. The normalized spacial score (nSPS) is 15.3. The number of aromatic nitrogens is 3. The van der Waals surface area contributed by atoms with Gasteiger partial charge in [-0.25, -0.2) is 0 Å². The third-order valence-corrected chi connectivity index (χ3v) is 4.60. The second-order valence-electron chi connectivity index (χ2n) is 6.31. The van der Waals surface area contributed by atoms with E-state index in [1.165, 1.54) is 0 Å². The molecule has 0 spiro atoms. The van der Waals surface area contributed by atoms with Crippen LogP contribution >= 0.6 is 0 Å². The van der Waals surface area contributed by atoms with E-state index in [2.05, 4.69) is 20.3 Å². The number of hydrogen-bond acceptors (Lipinski definition) is 5. The van der Waals surface area contributed by atoms with Gasteiger partial charge in [-0.3, -0.25) is 19.4 Å². The summed E-state index contributed by atoms with van der Waals surface area (Å²) in [5, 5.41) is 7.41. The number of pyridine rings is 1. The highest BCUT2D eigenvalue weighted by Gasteiger charge is 2.15.